The average molecular weight is 341 g/mol. The van der Waals surface area contributed by atoms with E-state index in [2.05, 4.69) is 41.7 Å². The van der Waals surface area contributed by atoms with E-state index in [0.29, 0.717) is 6.42 Å². The first-order valence-electron chi connectivity index (χ1n) is 7.83. The molecule has 0 fully saturated rings. The van der Waals surface area contributed by atoms with Crippen molar-refractivity contribution in [1.82, 2.24) is 5.43 Å². The molecule has 126 valence electrons. The van der Waals surface area contributed by atoms with Crippen LogP contribution in [0, 0.1) is 6.92 Å². The monoisotopic (exact) mass is 341 g/mol. The SMILES string of the molecule is Cc1ccc(SCCC(=O)NN=Cc2ccc(N(C)C)cc2)cc1. The van der Waals surface area contributed by atoms with Crippen molar-refractivity contribution in [3.8, 4) is 0 Å². The second kappa shape index (κ2) is 9.13. The van der Waals surface area contributed by atoms with Gasteiger partial charge in [-0.3, -0.25) is 4.79 Å². The highest BCUT2D eigenvalue weighted by molar-refractivity contribution is 7.99. The van der Waals surface area contributed by atoms with Crippen molar-refractivity contribution in [2.45, 2.75) is 18.2 Å². The quantitative estimate of drug-likeness (QED) is 0.474. The lowest BCUT2D eigenvalue weighted by atomic mass is 10.2. The van der Waals surface area contributed by atoms with Crippen LogP contribution in [0.25, 0.3) is 0 Å². The van der Waals surface area contributed by atoms with Gasteiger partial charge in [0.1, 0.15) is 0 Å². The number of carbonyl (C=O) groups excluding carboxylic acids is 1. The molecule has 0 aliphatic rings. The maximum absolute atomic E-state index is 11.8. The maximum Gasteiger partial charge on any atom is 0.240 e. The van der Waals surface area contributed by atoms with Crippen LogP contribution in [0.1, 0.15) is 17.5 Å². The summed E-state index contributed by atoms with van der Waals surface area (Å²) in [6.45, 7) is 2.06. The Hall–Kier alpha value is -2.27. The number of amides is 1. The number of carbonyl (C=O) groups is 1. The Labute approximate surface area is 148 Å². The van der Waals surface area contributed by atoms with Crippen molar-refractivity contribution in [1.29, 1.82) is 0 Å². The molecule has 0 atom stereocenters. The Morgan fingerprint density at radius 2 is 1.79 bits per heavy atom. The summed E-state index contributed by atoms with van der Waals surface area (Å²) in [5, 5.41) is 4.01. The molecule has 2 aromatic carbocycles. The molecule has 2 aromatic rings. The topological polar surface area (TPSA) is 44.7 Å². The van der Waals surface area contributed by atoms with Gasteiger partial charge in [0.25, 0.3) is 0 Å². The fraction of sp³-hybridized carbons (Fsp3) is 0.263. The highest BCUT2D eigenvalue weighted by Crippen LogP contribution is 2.18. The third kappa shape index (κ3) is 6.08. The van der Waals surface area contributed by atoms with Crippen LogP contribution < -0.4 is 10.3 Å². The largest absolute Gasteiger partial charge is 0.378 e. The normalized spacial score (nSPS) is 10.8. The van der Waals surface area contributed by atoms with Crippen LogP contribution in [0.2, 0.25) is 0 Å². The summed E-state index contributed by atoms with van der Waals surface area (Å²) in [6, 6.07) is 16.3. The van der Waals surface area contributed by atoms with Gasteiger partial charge in [0.05, 0.1) is 6.21 Å². The molecular weight excluding hydrogens is 318 g/mol. The Balaban J connectivity index is 1.71. The van der Waals surface area contributed by atoms with Crippen molar-refractivity contribution < 1.29 is 4.79 Å². The Bertz CT molecular complexity index is 679. The van der Waals surface area contributed by atoms with E-state index in [1.165, 1.54) is 10.5 Å². The molecule has 5 heteroatoms. The van der Waals surface area contributed by atoms with Gasteiger partial charge in [-0.2, -0.15) is 5.10 Å². The maximum atomic E-state index is 11.8. The first-order chi connectivity index (χ1) is 11.5. The van der Waals surface area contributed by atoms with Gasteiger partial charge in [-0.05, 0) is 36.8 Å². The predicted molar refractivity (Wildman–Crippen MR) is 103 cm³/mol. The van der Waals surface area contributed by atoms with Crippen LogP contribution in [-0.2, 0) is 4.79 Å². The Kier molecular flexibility index (Phi) is 6.88. The van der Waals surface area contributed by atoms with E-state index in [0.717, 1.165) is 17.0 Å². The molecule has 4 nitrogen and oxygen atoms in total. The molecule has 0 aliphatic heterocycles. The zero-order valence-electron chi connectivity index (χ0n) is 14.3. The summed E-state index contributed by atoms with van der Waals surface area (Å²) in [5.74, 6) is 0.665. The molecule has 0 bridgehead atoms. The van der Waals surface area contributed by atoms with E-state index in [-0.39, 0.29) is 5.91 Å². The van der Waals surface area contributed by atoms with E-state index >= 15 is 0 Å². The molecule has 0 unspecified atom stereocenters. The van der Waals surface area contributed by atoms with Gasteiger partial charge in [-0.25, -0.2) is 5.43 Å². The van der Waals surface area contributed by atoms with Crippen LogP contribution >= 0.6 is 11.8 Å². The van der Waals surface area contributed by atoms with E-state index in [9.17, 15) is 4.79 Å². The molecular formula is C19H23N3OS. The number of nitrogens with one attached hydrogen (secondary N) is 1. The lowest BCUT2D eigenvalue weighted by Crippen LogP contribution is -2.17. The van der Waals surface area contributed by atoms with E-state index in [1.807, 2.05) is 43.3 Å². The molecule has 2 rings (SSSR count). The fourth-order valence-electron chi connectivity index (χ4n) is 1.99. The highest BCUT2D eigenvalue weighted by Gasteiger charge is 2.01. The van der Waals surface area contributed by atoms with E-state index in [1.54, 1.807) is 18.0 Å². The summed E-state index contributed by atoms with van der Waals surface area (Å²) >= 11 is 1.67. The van der Waals surface area contributed by atoms with Crippen LogP contribution in [0.15, 0.2) is 58.5 Å². The summed E-state index contributed by atoms with van der Waals surface area (Å²) in [4.78, 5) is 15.0. The molecule has 0 aliphatic carbocycles. The lowest BCUT2D eigenvalue weighted by Gasteiger charge is -2.11. The highest BCUT2D eigenvalue weighted by atomic mass is 32.2. The van der Waals surface area contributed by atoms with Gasteiger partial charge >= 0.3 is 0 Å². The number of nitrogens with zero attached hydrogens (tertiary/aromatic N) is 2. The minimum absolute atomic E-state index is 0.0734. The number of anilines is 1. The van der Waals surface area contributed by atoms with Crippen LogP contribution in [0.5, 0.6) is 0 Å². The van der Waals surface area contributed by atoms with Gasteiger partial charge in [0.15, 0.2) is 0 Å². The third-order valence-electron chi connectivity index (χ3n) is 3.43. The van der Waals surface area contributed by atoms with Crippen molar-refractivity contribution in [3.05, 3.63) is 59.7 Å². The first kappa shape index (κ1) is 18.1. The van der Waals surface area contributed by atoms with Gasteiger partial charge in [0, 0.05) is 36.9 Å². The minimum Gasteiger partial charge on any atom is -0.378 e. The van der Waals surface area contributed by atoms with Crippen molar-refractivity contribution >= 4 is 29.6 Å². The van der Waals surface area contributed by atoms with Crippen LogP contribution in [0.3, 0.4) is 0 Å². The number of rotatable bonds is 7. The molecule has 0 saturated heterocycles. The molecule has 0 saturated carbocycles. The van der Waals surface area contributed by atoms with Gasteiger partial charge < -0.3 is 4.90 Å². The number of thioether (sulfide) groups is 1. The second-order valence-corrected chi connectivity index (χ2v) is 6.86. The number of aryl methyl sites for hydroxylation is 1. The standard InChI is InChI=1S/C19H23N3OS/c1-15-4-10-18(11-5-15)24-13-12-19(23)21-20-14-16-6-8-17(9-7-16)22(2)3/h4-11,14H,12-13H2,1-3H3,(H,21,23). The molecule has 0 heterocycles. The van der Waals surface area contributed by atoms with Crippen LogP contribution in [-0.4, -0.2) is 32.0 Å². The van der Waals surface area contributed by atoms with Crippen molar-refractivity contribution in [2.24, 2.45) is 5.10 Å². The van der Waals surface area contributed by atoms with E-state index in [4.69, 9.17) is 0 Å². The summed E-state index contributed by atoms with van der Waals surface area (Å²) in [6.07, 6.45) is 2.10. The molecule has 24 heavy (non-hydrogen) atoms. The zero-order valence-corrected chi connectivity index (χ0v) is 15.1. The van der Waals surface area contributed by atoms with Gasteiger partial charge in [-0.15, -0.1) is 11.8 Å². The second-order valence-electron chi connectivity index (χ2n) is 5.69. The summed E-state index contributed by atoms with van der Waals surface area (Å²) < 4.78 is 0. The summed E-state index contributed by atoms with van der Waals surface area (Å²) in [7, 11) is 4.00. The third-order valence-corrected chi connectivity index (χ3v) is 4.44. The number of hydrogen-bond acceptors (Lipinski definition) is 4. The molecule has 0 radical (unpaired) electrons. The van der Waals surface area contributed by atoms with Gasteiger partial charge in [0.2, 0.25) is 5.91 Å². The summed E-state index contributed by atoms with van der Waals surface area (Å²) in [5.41, 5.74) is 5.89. The number of hydrogen-bond donors (Lipinski definition) is 1. The Morgan fingerprint density at radius 3 is 2.42 bits per heavy atom. The number of hydrazone groups is 1. The average Bonchev–Trinajstić information content (AvgIpc) is 2.57. The molecule has 0 aromatic heterocycles. The fourth-order valence-corrected chi connectivity index (χ4v) is 2.84. The Morgan fingerprint density at radius 1 is 1.12 bits per heavy atom. The lowest BCUT2D eigenvalue weighted by molar-refractivity contribution is -0.120. The molecule has 0 spiro atoms. The minimum atomic E-state index is -0.0734. The predicted octanol–water partition coefficient (Wildman–Crippen LogP) is 3.69. The van der Waals surface area contributed by atoms with Crippen molar-refractivity contribution in [3.63, 3.8) is 0 Å². The zero-order chi connectivity index (χ0) is 17.4. The molecule has 1 amide bonds. The van der Waals surface area contributed by atoms with Gasteiger partial charge in [-0.1, -0.05) is 29.8 Å². The number of benzene rings is 2. The molecule has 1 N–H and O–H groups in total. The first-order valence-corrected chi connectivity index (χ1v) is 8.82. The smallest absolute Gasteiger partial charge is 0.240 e. The van der Waals surface area contributed by atoms with Crippen LogP contribution in [0.4, 0.5) is 5.69 Å². The van der Waals surface area contributed by atoms with E-state index < -0.39 is 0 Å². The van der Waals surface area contributed by atoms with Crippen molar-refractivity contribution in [2.75, 3.05) is 24.7 Å².